The molecular weight excluding hydrogens is 186 g/mol. The Kier molecular flexibility index (Phi) is 4.31. The minimum absolute atomic E-state index is 1.63. The first kappa shape index (κ1) is 9.65. The number of carbonyl (C=O) groups is 1. The molecule has 2 atom stereocenters. The van der Waals surface area contributed by atoms with Crippen molar-refractivity contribution in [3.63, 3.8) is 0 Å². The van der Waals surface area contributed by atoms with E-state index in [4.69, 9.17) is 9.79 Å². The van der Waals surface area contributed by atoms with Crippen LogP contribution in [0.1, 0.15) is 0 Å². The van der Waals surface area contributed by atoms with E-state index in [1.807, 2.05) is 0 Å². The van der Waals surface area contributed by atoms with Crippen molar-refractivity contribution in [1.29, 1.82) is 0 Å². The molecular formula is CH4O7P2. The van der Waals surface area contributed by atoms with E-state index in [0.717, 1.165) is 0 Å². The topological polar surface area (TPSA) is 110 Å². The number of hydrogen-bond donors (Lipinski definition) is 2. The molecule has 0 rings (SSSR count). The van der Waals surface area contributed by atoms with Gasteiger partial charge in [-0.3, -0.25) is 0 Å². The monoisotopic (exact) mass is 190 g/mol. The fourth-order valence-corrected chi connectivity index (χ4v) is 0.615. The molecule has 60 valence electrons. The highest BCUT2D eigenvalue weighted by atomic mass is 31.1. The zero-order chi connectivity index (χ0) is 8.15. The maximum atomic E-state index is 9.95. The van der Waals surface area contributed by atoms with Crippen molar-refractivity contribution >= 4 is 22.7 Å². The Labute approximate surface area is 56.5 Å². The van der Waals surface area contributed by atoms with Crippen molar-refractivity contribution in [1.82, 2.24) is 0 Å². The lowest BCUT2D eigenvalue weighted by Crippen LogP contribution is -1.95. The molecule has 2 unspecified atom stereocenters. The fourth-order valence-electron chi connectivity index (χ4n) is 0.163. The largest absolute Gasteiger partial charge is 0.521 e. The Morgan fingerprint density at radius 2 is 1.40 bits per heavy atom. The molecule has 2 N–H and O–H groups in total. The molecule has 0 aromatic carbocycles. The molecule has 0 aliphatic rings. The van der Waals surface area contributed by atoms with Crippen LogP contribution in [0.15, 0.2) is 0 Å². The molecule has 0 saturated heterocycles. The summed E-state index contributed by atoms with van der Waals surface area (Å²) in [6.07, 6.45) is -1.63. The summed E-state index contributed by atoms with van der Waals surface area (Å²) in [7, 11) is -6.87. The van der Waals surface area contributed by atoms with E-state index in [2.05, 4.69) is 9.05 Å². The van der Waals surface area contributed by atoms with Gasteiger partial charge in [0.25, 0.3) is 0 Å². The molecule has 0 aromatic rings. The highest BCUT2D eigenvalue weighted by Gasteiger charge is 2.08. The van der Waals surface area contributed by atoms with Crippen LogP contribution in [0.3, 0.4) is 0 Å². The predicted octanol–water partition coefficient (Wildman–Crippen LogP) is -0.0964. The van der Waals surface area contributed by atoms with Crippen LogP contribution in [-0.2, 0) is 18.2 Å². The molecule has 0 amide bonds. The molecule has 9 heteroatoms. The Hall–Kier alpha value is -0.350. The normalized spacial score (nSPS) is 15.4. The molecule has 10 heavy (non-hydrogen) atoms. The van der Waals surface area contributed by atoms with E-state index in [-0.39, 0.29) is 0 Å². The Morgan fingerprint density at radius 1 is 1.10 bits per heavy atom. The maximum Gasteiger partial charge on any atom is 0.521 e. The van der Waals surface area contributed by atoms with Crippen molar-refractivity contribution in [3.05, 3.63) is 0 Å². The maximum absolute atomic E-state index is 9.95. The standard InChI is InChI=1S/CH4O7P2/c2-1(7-9(3)4)8-10(5)6/h9-10H,(H,3,4)(H,5,6). The van der Waals surface area contributed by atoms with E-state index in [1.54, 1.807) is 0 Å². The first-order valence-electron chi connectivity index (χ1n) is 1.88. The Bertz CT molecular complexity index is 154. The average Bonchev–Trinajstić information content (AvgIpc) is 1.58. The lowest BCUT2D eigenvalue weighted by atomic mass is 11.5. The van der Waals surface area contributed by atoms with E-state index >= 15 is 0 Å². The summed E-state index contributed by atoms with van der Waals surface area (Å²) in [5.41, 5.74) is 0. The minimum atomic E-state index is -3.44. The minimum Gasteiger partial charge on any atom is -0.361 e. The van der Waals surface area contributed by atoms with Crippen molar-refractivity contribution in [2.75, 3.05) is 0 Å². The smallest absolute Gasteiger partial charge is 0.361 e. The number of hydrogen-bond acceptors (Lipinski definition) is 5. The summed E-state index contributed by atoms with van der Waals surface area (Å²) in [4.78, 5) is 25.7. The molecule has 0 radical (unpaired) electrons. The van der Waals surface area contributed by atoms with Crippen LogP contribution in [0, 0.1) is 0 Å². The van der Waals surface area contributed by atoms with E-state index in [0.29, 0.717) is 0 Å². The van der Waals surface area contributed by atoms with Gasteiger partial charge in [-0.2, -0.15) is 0 Å². The fraction of sp³-hybridized carbons (Fsp3) is 0. The van der Waals surface area contributed by atoms with Crippen LogP contribution in [-0.4, -0.2) is 15.9 Å². The lowest BCUT2D eigenvalue weighted by Gasteiger charge is -1.96. The third-order valence-corrected chi connectivity index (χ3v) is 1.02. The van der Waals surface area contributed by atoms with Gasteiger partial charge in [-0.15, -0.1) is 0 Å². The Morgan fingerprint density at radius 3 is 1.60 bits per heavy atom. The molecule has 0 aliphatic carbocycles. The zero-order valence-electron chi connectivity index (χ0n) is 4.44. The van der Waals surface area contributed by atoms with Crippen molar-refractivity contribution in [3.8, 4) is 0 Å². The second-order valence-corrected chi connectivity index (χ2v) is 2.46. The number of carbonyl (C=O) groups excluding carboxylic acids is 1. The van der Waals surface area contributed by atoms with Gasteiger partial charge in [-0.1, -0.05) is 0 Å². The number of rotatable bonds is 2. The Balaban J connectivity index is 3.65. The highest BCUT2D eigenvalue weighted by Crippen LogP contribution is 2.21. The molecule has 0 aliphatic heterocycles. The quantitative estimate of drug-likeness (QED) is 0.585. The van der Waals surface area contributed by atoms with Gasteiger partial charge in [0.05, 0.1) is 0 Å². The van der Waals surface area contributed by atoms with Crippen molar-refractivity contribution in [2.24, 2.45) is 0 Å². The second kappa shape index (κ2) is 4.46. The first-order valence-corrected chi connectivity index (χ1v) is 4.40. The van der Waals surface area contributed by atoms with E-state index < -0.39 is 22.7 Å². The van der Waals surface area contributed by atoms with Crippen LogP contribution < -0.4 is 0 Å². The zero-order valence-corrected chi connectivity index (χ0v) is 6.44. The van der Waals surface area contributed by atoms with Gasteiger partial charge in [-0.25, -0.2) is 13.9 Å². The molecule has 0 saturated carbocycles. The van der Waals surface area contributed by atoms with Gasteiger partial charge in [0.15, 0.2) is 0 Å². The van der Waals surface area contributed by atoms with Gasteiger partial charge >= 0.3 is 22.7 Å². The van der Waals surface area contributed by atoms with Gasteiger partial charge in [0, 0.05) is 0 Å². The third-order valence-electron chi connectivity index (χ3n) is 0.341. The molecule has 7 nitrogen and oxygen atoms in total. The van der Waals surface area contributed by atoms with Crippen molar-refractivity contribution in [2.45, 2.75) is 0 Å². The first-order chi connectivity index (χ1) is 4.52. The molecule has 0 bridgehead atoms. The summed E-state index contributed by atoms with van der Waals surface area (Å²) in [6, 6.07) is 0. The van der Waals surface area contributed by atoms with Crippen LogP contribution in [0.2, 0.25) is 0 Å². The van der Waals surface area contributed by atoms with Crippen LogP contribution >= 0.6 is 16.5 Å². The summed E-state index contributed by atoms with van der Waals surface area (Å²) >= 11 is 0. The summed E-state index contributed by atoms with van der Waals surface area (Å²) in [5, 5.41) is 0. The van der Waals surface area contributed by atoms with Gasteiger partial charge in [0.1, 0.15) is 0 Å². The van der Waals surface area contributed by atoms with Crippen molar-refractivity contribution < 1.29 is 32.8 Å². The molecule has 0 spiro atoms. The van der Waals surface area contributed by atoms with Gasteiger partial charge < -0.3 is 18.8 Å². The second-order valence-electron chi connectivity index (χ2n) is 0.986. The third kappa shape index (κ3) is 5.78. The van der Waals surface area contributed by atoms with Gasteiger partial charge in [0.2, 0.25) is 0 Å². The van der Waals surface area contributed by atoms with Crippen LogP contribution in [0.5, 0.6) is 0 Å². The summed E-state index contributed by atoms with van der Waals surface area (Å²) in [5.74, 6) is 0. The lowest BCUT2D eigenvalue weighted by molar-refractivity contribution is 0.148. The van der Waals surface area contributed by atoms with E-state index in [9.17, 15) is 13.9 Å². The highest BCUT2D eigenvalue weighted by molar-refractivity contribution is 7.34. The molecule has 0 heterocycles. The van der Waals surface area contributed by atoms with Crippen LogP contribution in [0.25, 0.3) is 0 Å². The van der Waals surface area contributed by atoms with Crippen LogP contribution in [0.4, 0.5) is 4.79 Å². The van der Waals surface area contributed by atoms with E-state index in [1.165, 1.54) is 0 Å². The average molecular weight is 190 g/mol. The summed E-state index contributed by atoms with van der Waals surface area (Å²) < 4.78 is 26.3. The van der Waals surface area contributed by atoms with Gasteiger partial charge in [-0.05, 0) is 0 Å². The SMILES string of the molecule is O=C(O[PH](=O)O)O[PH](=O)O. The molecule has 0 fully saturated rings. The predicted molar refractivity (Wildman–Crippen MR) is 30.0 cm³/mol. The summed E-state index contributed by atoms with van der Waals surface area (Å²) in [6.45, 7) is 0. The molecule has 0 aromatic heterocycles.